The Morgan fingerprint density at radius 3 is 2.72 bits per heavy atom. The Hall–Kier alpha value is -3.13. The lowest BCUT2D eigenvalue weighted by molar-refractivity contribution is -0.117. The first-order valence-corrected chi connectivity index (χ1v) is 10.0. The molecule has 148 valence electrons. The zero-order valence-electron chi connectivity index (χ0n) is 16.0. The average molecular weight is 410 g/mol. The molecule has 0 bridgehead atoms. The number of hydrogen-bond donors (Lipinski definition) is 1. The molecule has 2 aromatic carbocycles. The molecule has 1 atom stereocenters. The van der Waals surface area contributed by atoms with E-state index in [1.807, 2.05) is 32.0 Å². The van der Waals surface area contributed by atoms with Crippen molar-refractivity contribution in [3.63, 3.8) is 0 Å². The summed E-state index contributed by atoms with van der Waals surface area (Å²) in [5.41, 5.74) is 3.13. The number of carbonyl (C=O) groups excluding carboxylic acids is 2. The molecule has 2 heterocycles. The summed E-state index contributed by atoms with van der Waals surface area (Å²) < 4.78 is 13.8. The summed E-state index contributed by atoms with van der Waals surface area (Å²) in [6, 6.07) is 11.7. The summed E-state index contributed by atoms with van der Waals surface area (Å²) >= 11 is 1.21. The van der Waals surface area contributed by atoms with Gasteiger partial charge in [-0.2, -0.15) is 0 Å². The highest BCUT2D eigenvalue weighted by atomic mass is 32.1. The third-order valence-corrected chi connectivity index (χ3v) is 6.06. The topological polar surface area (TPSA) is 75.2 Å². The van der Waals surface area contributed by atoms with Gasteiger partial charge in [-0.3, -0.25) is 14.9 Å². The first-order chi connectivity index (χ1) is 13.9. The van der Waals surface area contributed by atoms with E-state index >= 15 is 0 Å². The second kappa shape index (κ2) is 7.71. The molecule has 0 unspecified atom stereocenters. The lowest BCUT2D eigenvalue weighted by atomic mass is 10.1. The summed E-state index contributed by atoms with van der Waals surface area (Å²) in [6.45, 7) is 4.56. The number of amides is 2. The third-order valence-electron chi connectivity index (χ3n) is 5.06. The lowest BCUT2D eigenvalue weighted by Crippen LogP contribution is -2.24. The molecule has 8 heteroatoms. The fraction of sp³-hybridized carbons (Fsp3) is 0.238. The van der Waals surface area contributed by atoms with Crippen LogP contribution in [0.15, 0.2) is 42.5 Å². The maximum Gasteiger partial charge on any atom is 0.260 e. The van der Waals surface area contributed by atoms with Crippen molar-refractivity contribution >= 4 is 34.0 Å². The van der Waals surface area contributed by atoms with E-state index in [4.69, 9.17) is 0 Å². The number of benzene rings is 2. The van der Waals surface area contributed by atoms with Gasteiger partial charge in [-0.15, -0.1) is 10.2 Å². The second-order valence-electron chi connectivity index (χ2n) is 7.05. The number of anilines is 2. The predicted molar refractivity (Wildman–Crippen MR) is 110 cm³/mol. The zero-order valence-corrected chi connectivity index (χ0v) is 16.8. The quantitative estimate of drug-likeness (QED) is 0.704. The Kier molecular flexibility index (Phi) is 5.10. The van der Waals surface area contributed by atoms with E-state index in [-0.39, 0.29) is 22.5 Å². The van der Waals surface area contributed by atoms with Crippen molar-refractivity contribution in [3.8, 4) is 0 Å². The summed E-state index contributed by atoms with van der Waals surface area (Å²) in [5.74, 6) is -1.24. The number of halogens is 1. The van der Waals surface area contributed by atoms with Crippen LogP contribution in [-0.2, 0) is 4.79 Å². The molecule has 0 spiro atoms. The minimum absolute atomic E-state index is 0.0328. The van der Waals surface area contributed by atoms with Crippen LogP contribution < -0.4 is 10.2 Å². The maximum absolute atomic E-state index is 13.8. The number of nitrogens with one attached hydrogen (secondary N) is 1. The van der Waals surface area contributed by atoms with Crippen LogP contribution in [0.1, 0.15) is 38.8 Å². The van der Waals surface area contributed by atoms with Crippen molar-refractivity contribution in [2.45, 2.75) is 26.2 Å². The number of rotatable bonds is 4. The minimum Gasteiger partial charge on any atom is -0.312 e. The predicted octanol–water partition coefficient (Wildman–Crippen LogP) is 4.07. The van der Waals surface area contributed by atoms with Gasteiger partial charge in [-0.1, -0.05) is 29.5 Å². The van der Waals surface area contributed by atoms with Gasteiger partial charge < -0.3 is 4.90 Å². The van der Waals surface area contributed by atoms with Crippen molar-refractivity contribution in [2.24, 2.45) is 0 Å². The van der Waals surface area contributed by atoms with E-state index in [0.717, 1.165) is 11.3 Å². The molecule has 1 N–H and O–H groups in total. The first-order valence-electron chi connectivity index (χ1n) is 9.19. The monoisotopic (exact) mass is 410 g/mol. The van der Waals surface area contributed by atoms with Crippen LogP contribution in [0.3, 0.4) is 0 Å². The molecular weight excluding hydrogens is 391 g/mol. The fourth-order valence-corrected chi connectivity index (χ4v) is 4.11. The van der Waals surface area contributed by atoms with Gasteiger partial charge in [-0.25, -0.2) is 4.39 Å². The molecule has 1 fully saturated rings. The Labute approximate surface area is 171 Å². The zero-order chi connectivity index (χ0) is 20.5. The van der Waals surface area contributed by atoms with E-state index in [9.17, 15) is 14.0 Å². The van der Waals surface area contributed by atoms with Crippen LogP contribution >= 0.6 is 11.3 Å². The molecule has 4 rings (SSSR count). The van der Waals surface area contributed by atoms with Crippen molar-refractivity contribution in [1.82, 2.24) is 10.2 Å². The van der Waals surface area contributed by atoms with Crippen LogP contribution in [0.25, 0.3) is 0 Å². The Balaban J connectivity index is 1.47. The van der Waals surface area contributed by atoms with E-state index in [1.54, 1.807) is 11.0 Å². The molecule has 1 aliphatic rings. The summed E-state index contributed by atoms with van der Waals surface area (Å²) in [5, 5.41) is 11.7. The number of hydrogen-bond acceptors (Lipinski definition) is 5. The van der Waals surface area contributed by atoms with Crippen LogP contribution in [0.2, 0.25) is 0 Å². The van der Waals surface area contributed by atoms with E-state index in [2.05, 4.69) is 15.5 Å². The van der Waals surface area contributed by atoms with Gasteiger partial charge in [0.2, 0.25) is 11.0 Å². The van der Waals surface area contributed by atoms with Crippen molar-refractivity contribution in [2.75, 3.05) is 16.8 Å². The van der Waals surface area contributed by atoms with Gasteiger partial charge in [0.25, 0.3) is 5.91 Å². The smallest absolute Gasteiger partial charge is 0.260 e. The normalized spacial score (nSPS) is 16.3. The summed E-state index contributed by atoms with van der Waals surface area (Å²) in [4.78, 5) is 26.5. The molecule has 0 aliphatic carbocycles. The highest BCUT2D eigenvalue weighted by Gasteiger charge is 2.34. The third kappa shape index (κ3) is 3.88. The van der Waals surface area contributed by atoms with Crippen LogP contribution in [0.5, 0.6) is 0 Å². The van der Waals surface area contributed by atoms with Gasteiger partial charge >= 0.3 is 0 Å². The van der Waals surface area contributed by atoms with Gasteiger partial charge in [0, 0.05) is 24.6 Å². The first kappa shape index (κ1) is 19.2. The highest BCUT2D eigenvalue weighted by molar-refractivity contribution is 7.15. The molecule has 2 amide bonds. The fourth-order valence-electron chi connectivity index (χ4n) is 3.28. The molecular formula is C21H19FN4O2S. The number of aryl methyl sites for hydroxylation is 2. The molecule has 29 heavy (non-hydrogen) atoms. The van der Waals surface area contributed by atoms with Gasteiger partial charge in [0.15, 0.2) is 0 Å². The van der Waals surface area contributed by atoms with E-state index in [1.165, 1.54) is 35.1 Å². The molecule has 3 aromatic rings. The molecule has 1 saturated heterocycles. The highest BCUT2D eigenvalue weighted by Crippen LogP contribution is 2.34. The Morgan fingerprint density at radius 2 is 1.97 bits per heavy atom. The van der Waals surface area contributed by atoms with Gasteiger partial charge in [-0.05, 0) is 49.2 Å². The van der Waals surface area contributed by atoms with Crippen LogP contribution in [0.4, 0.5) is 15.2 Å². The number of nitrogens with zero attached hydrogens (tertiary/aromatic N) is 3. The van der Waals surface area contributed by atoms with Gasteiger partial charge in [0.05, 0.1) is 5.56 Å². The lowest BCUT2D eigenvalue weighted by Gasteiger charge is -2.17. The molecule has 0 radical (unpaired) electrons. The van der Waals surface area contributed by atoms with Gasteiger partial charge in [0.1, 0.15) is 10.8 Å². The number of carbonyl (C=O) groups is 2. The van der Waals surface area contributed by atoms with Crippen LogP contribution in [-0.4, -0.2) is 28.6 Å². The van der Waals surface area contributed by atoms with E-state index < -0.39 is 11.7 Å². The summed E-state index contributed by atoms with van der Waals surface area (Å²) in [6.07, 6.45) is 0.336. The standard InChI is InChI=1S/C21H19FN4O2S/c1-12-7-8-15(9-13(12)2)26-11-14(10-18(26)27)20-24-25-21(29-20)23-19(28)16-5-3-4-6-17(16)22/h3-9,14H,10-11H2,1-2H3,(H,23,25,28)/t14-/m1/s1. The Bertz CT molecular complexity index is 1100. The minimum atomic E-state index is -0.597. The van der Waals surface area contributed by atoms with Crippen molar-refractivity contribution in [3.05, 3.63) is 70.0 Å². The molecule has 1 aromatic heterocycles. The average Bonchev–Trinajstić information content (AvgIpc) is 3.31. The van der Waals surface area contributed by atoms with E-state index in [0.29, 0.717) is 18.0 Å². The SMILES string of the molecule is Cc1ccc(N2C[C@H](c3nnc(NC(=O)c4ccccc4F)s3)CC2=O)cc1C. The summed E-state index contributed by atoms with van der Waals surface area (Å²) in [7, 11) is 0. The van der Waals surface area contributed by atoms with Crippen LogP contribution in [0, 0.1) is 19.7 Å². The Morgan fingerprint density at radius 1 is 1.17 bits per heavy atom. The van der Waals surface area contributed by atoms with Crippen molar-refractivity contribution < 1.29 is 14.0 Å². The number of aromatic nitrogens is 2. The molecule has 1 aliphatic heterocycles. The maximum atomic E-state index is 13.8. The second-order valence-corrected chi connectivity index (χ2v) is 8.06. The molecule has 0 saturated carbocycles. The molecule has 6 nitrogen and oxygen atoms in total. The van der Waals surface area contributed by atoms with Crippen molar-refractivity contribution in [1.29, 1.82) is 0 Å². The largest absolute Gasteiger partial charge is 0.312 e.